The van der Waals surface area contributed by atoms with E-state index in [1.165, 1.54) is 22.2 Å². The maximum Gasteiger partial charge on any atom is 0.321 e. The van der Waals surface area contributed by atoms with E-state index in [1.54, 1.807) is 0 Å². The number of hydrogen-bond acceptors (Lipinski definition) is 5. The molecule has 1 aromatic carbocycles. The zero-order valence-electron chi connectivity index (χ0n) is 19.2. The highest BCUT2D eigenvalue weighted by molar-refractivity contribution is 9.10. The Hall–Kier alpha value is -2.19. The molecule has 1 fully saturated rings. The van der Waals surface area contributed by atoms with E-state index in [-0.39, 0.29) is 6.03 Å². The molecule has 3 aromatic rings. The summed E-state index contributed by atoms with van der Waals surface area (Å²) in [5, 5.41) is 4.29. The minimum absolute atomic E-state index is 0.0471. The van der Waals surface area contributed by atoms with E-state index in [2.05, 4.69) is 40.0 Å². The smallest absolute Gasteiger partial charge is 0.321 e. The predicted octanol–water partition coefficient (Wildman–Crippen LogP) is 5.89. The van der Waals surface area contributed by atoms with Crippen molar-refractivity contribution in [1.82, 2.24) is 14.9 Å². The molecule has 0 spiro atoms. The number of benzene rings is 1. The molecule has 1 saturated heterocycles. The summed E-state index contributed by atoms with van der Waals surface area (Å²) in [7, 11) is 0. The van der Waals surface area contributed by atoms with Crippen LogP contribution in [0.5, 0.6) is 0 Å². The molecule has 3 heterocycles. The Balaban J connectivity index is 1.37. The number of carbonyl (C=O) groups excluding carboxylic acids is 1. The number of thiophene rings is 1. The molecule has 0 radical (unpaired) electrons. The highest BCUT2D eigenvalue weighted by atomic mass is 79.9. The highest BCUT2D eigenvalue weighted by Gasteiger charge is 2.28. The van der Waals surface area contributed by atoms with E-state index in [1.807, 2.05) is 40.5 Å². The van der Waals surface area contributed by atoms with Crippen LogP contribution in [0.4, 0.5) is 16.3 Å². The van der Waals surface area contributed by atoms with Crippen LogP contribution in [0.1, 0.15) is 43.0 Å². The number of nitrogens with one attached hydrogen (secondary N) is 1. The van der Waals surface area contributed by atoms with Gasteiger partial charge in [0, 0.05) is 47.6 Å². The first kappa shape index (κ1) is 22.6. The number of hydrogen-bond donors (Lipinski definition) is 1. The van der Waals surface area contributed by atoms with Crippen molar-refractivity contribution in [2.24, 2.45) is 5.92 Å². The first-order valence-electron chi connectivity index (χ1n) is 11.9. The number of nitrogens with zero attached hydrogens (tertiary/aromatic N) is 4. The van der Waals surface area contributed by atoms with E-state index in [4.69, 9.17) is 9.97 Å². The van der Waals surface area contributed by atoms with Gasteiger partial charge < -0.3 is 15.1 Å². The first-order valence-corrected chi connectivity index (χ1v) is 13.5. The third-order valence-electron chi connectivity index (χ3n) is 6.60. The lowest BCUT2D eigenvalue weighted by Crippen LogP contribution is -2.50. The zero-order valence-corrected chi connectivity index (χ0v) is 21.6. The van der Waals surface area contributed by atoms with Crippen LogP contribution in [0.15, 0.2) is 28.7 Å². The molecule has 6 nitrogen and oxygen atoms in total. The van der Waals surface area contributed by atoms with Crippen molar-refractivity contribution < 1.29 is 4.79 Å². The number of halogens is 1. The third-order valence-corrected chi connectivity index (χ3v) is 8.24. The van der Waals surface area contributed by atoms with Crippen molar-refractivity contribution in [2.45, 2.75) is 46.0 Å². The van der Waals surface area contributed by atoms with Crippen LogP contribution in [0, 0.1) is 5.92 Å². The molecular weight excluding hydrogens is 498 g/mol. The van der Waals surface area contributed by atoms with Crippen molar-refractivity contribution in [3.05, 3.63) is 45.0 Å². The topological polar surface area (TPSA) is 61.4 Å². The van der Waals surface area contributed by atoms with E-state index < -0.39 is 0 Å². The summed E-state index contributed by atoms with van der Waals surface area (Å²) >= 11 is 5.33. The van der Waals surface area contributed by atoms with Crippen LogP contribution in [-0.2, 0) is 19.3 Å². The summed E-state index contributed by atoms with van der Waals surface area (Å²) in [6.45, 7) is 7.45. The number of urea groups is 1. The van der Waals surface area contributed by atoms with Gasteiger partial charge in [0.15, 0.2) is 0 Å². The van der Waals surface area contributed by atoms with Gasteiger partial charge >= 0.3 is 6.03 Å². The fourth-order valence-corrected chi connectivity index (χ4v) is 6.62. The van der Waals surface area contributed by atoms with Gasteiger partial charge in [-0.05, 0) is 55.4 Å². The molecule has 2 aromatic heterocycles. The summed E-state index contributed by atoms with van der Waals surface area (Å²) < 4.78 is 0.953. The average molecular weight is 529 g/mol. The lowest BCUT2D eigenvalue weighted by Gasteiger charge is -2.36. The van der Waals surface area contributed by atoms with Crippen molar-refractivity contribution >= 4 is 55.0 Å². The molecule has 0 saturated carbocycles. The monoisotopic (exact) mass is 527 g/mol. The number of rotatable bonds is 4. The molecule has 2 amide bonds. The first-order chi connectivity index (χ1) is 16.0. The molecule has 0 bridgehead atoms. The second-order valence-corrected chi connectivity index (χ2v) is 11.2. The number of carbonyl (C=O) groups is 1. The average Bonchev–Trinajstić information content (AvgIpc) is 3.16. The predicted molar refractivity (Wildman–Crippen MR) is 140 cm³/mol. The Morgan fingerprint density at radius 2 is 2.06 bits per heavy atom. The number of anilines is 2. The lowest BCUT2D eigenvalue weighted by atomic mass is 9.89. The third kappa shape index (κ3) is 4.73. The number of piperazine rings is 1. The highest BCUT2D eigenvalue weighted by Crippen LogP contribution is 2.41. The molecule has 8 heteroatoms. The van der Waals surface area contributed by atoms with Gasteiger partial charge in [-0.3, -0.25) is 0 Å². The van der Waals surface area contributed by atoms with E-state index >= 15 is 0 Å². The van der Waals surface area contributed by atoms with Crippen molar-refractivity contribution in [2.75, 3.05) is 36.4 Å². The molecule has 1 N–H and O–H groups in total. The molecule has 0 unspecified atom stereocenters. The van der Waals surface area contributed by atoms with Gasteiger partial charge in [0.1, 0.15) is 16.5 Å². The van der Waals surface area contributed by atoms with E-state index in [9.17, 15) is 4.79 Å². The summed E-state index contributed by atoms with van der Waals surface area (Å²) in [5.41, 5.74) is 2.28. The lowest BCUT2D eigenvalue weighted by molar-refractivity contribution is 0.208. The fraction of sp³-hybridized carbons (Fsp3) is 0.480. The Morgan fingerprint density at radius 1 is 1.24 bits per heavy atom. The molecule has 1 atom stereocenters. The number of aromatic nitrogens is 2. The van der Waals surface area contributed by atoms with E-state index in [0.717, 1.165) is 71.3 Å². The van der Waals surface area contributed by atoms with E-state index in [0.29, 0.717) is 13.1 Å². The number of aryl methyl sites for hydroxylation is 2. The summed E-state index contributed by atoms with van der Waals surface area (Å²) in [6, 6.07) is 7.66. The second kappa shape index (κ2) is 9.58. The minimum Gasteiger partial charge on any atom is -0.352 e. The maximum atomic E-state index is 12.8. The van der Waals surface area contributed by atoms with Gasteiger partial charge in [-0.15, -0.1) is 11.3 Å². The molecule has 174 valence electrons. The van der Waals surface area contributed by atoms with Gasteiger partial charge in [0.2, 0.25) is 0 Å². The SMILES string of the molecule is CCCc1nc(N2CCN(C(=O)Nc3cccc(Br)c3)CC2)c2c3c(sc2n1)C[C@@H](C)CC3. The van der Waals surface area contributed by atoms with Gasteiger partial charge in [0.05, 0.1) is 5.39 Å². The minimum atomic E-state index is -0.0471. The standard InChI is InChI=1S/C25H30BrN5OS/c1-3-5-21-28-23(22-19-9-8-16(2)14-20(19)33-24(22)29-21)30-10-12-31(13-11-30)25(32)27-18-7-4-6-17(26)15-18/h4,6-7,15-16H,3,5,8-14H2,1-2H3,(H,27,32)/t16-/m0/s1. The Bertz CT molecular complexity index is 1170. The molecule has 33 heavy (non-hydrogen) atoms. The zero-order chi connectivity index (χ0) is 22.9. The number of amides is 2. The van der Waals surface area contributed by atoms with Crippen molar-refractivity contribution in [3.63, 3.8) is 0 Å². The Kier molecular flexibility index (Phi) is 6.56. The maximum absolute atomic E-state index is 12.8. The van der Waals surface area contributed by atoms with Crippen LogP contribution in [0.25, 0.3) is 10.2 Å². The molecule has 5 rings (SSSR count). The largest absolute Gasteiger partial charge is 0.352 e. The molecule has 1 aliphatic carbocycles. The second-order valence-electron chi connectivity index (χ2n) is 9.16. The van der Waals surface area contributed by atoms with Crippen LogP contribution in [-0.4, -0.2) is 47.1 Å². The van der Waals surface area contributed by atoms with Gasteiger partial charge in [-0.2, -0.15) is 0 Å². The van der Waals surface area contributed by atoms with Gasteiger partial charge in [0.25, 0.3) is 0 Å². The molecule has 2 aliphatic rings. The van der Waals surface area contributed by atoms with Crippen LogP contribution < -0.4 is 10.2 Å². The summed E-state index contributed by atoms with van der Waals surface area (Å²) in [4.78, 5) is 29.7. The summed E-state index contributed by atoms with van der Waals surface area (Å²) in [5.74, 6) is 2.77. The molecular formula is C25H30BrN5OS. The summed E-state index contributed by atoms with van der Waals surface area (Å²) in [6.07, 6.45) is 5.45. The van der Waals surface area contributed by atoms with Crippen LogP contribution in [0.3, 0.4) is 0 Å². The quantitative estimate of drug-likeness (QED) is 0.459. The molecule has 1 aliphatic heterocycles. The van der Waals surface area contributed by atoms with Gasteiger partial charge in [-0.25, -0.2) is 14.8 Å². The van der Waals surface area contributed by atoms with Gasteiger partial charge in [-0.1, -0.05) is 35.8 Å². The van der Waals surface area contributed by atoms with Crippen molar-refractivity contribution in [1.29, 1.82) is 0 Å². The Morgan fingerprint density at radius 3 is 2.82 bits per heavy atom. The van der Waals surface area contributed by atoms with Crippen molar-refractivity contribution in [3.8, 4) is 0 Å². The number of fused-ring (bicyclic) bond motifs is 3. The normalized spacial score (nSPS) is 18.5. The Labute approximate surface area is 207 Å². The fourth-order valence-electron chi connectivity index (χ4n) is 4.82. The van der Waals surface area contributed by atoms with Crippen LogP contribution >= 0.6 is 27.3 Å². The van der Waals surface area contributed by atoms with Crippen LogP contribution in [0.2, 0.25) is 0 Å².